The van der Waals surface area contributed by atoms with Gasteiger partial charge in [0.15, 0.2) is 0 Å². The van der Waals surface area contributed by atoms with E-state index in [0.717, 1.165) is 13.0 Å². The van der Waals surface area contributed by atoms with Gasteiger partial charge in [-0.05, 0) is 33.1 Å². The highest BCUT2D eigenvalue weighted by atomic mass is 31.2. The molecule has 0 aliphatic carbocycles. The quantitative estimate of drug-likeness (QED) is 0.204. The maximum atomic E-state index is 12.6. The number of phosphoric acid groups is 1. The number of likely N-dealkylation sites (tertiary alicyclic amines) is 1. The molecule has 3 unspecified atom stereocenters. The molecule has 29 heavy (non-hydrogen) atoms. The van der Waals surface area contributed by atoms with Crippen molar-refractivity contribution in [1.82, 2.24) is 4.90 Å². The minimum Gasteiger partial charge on any atom is -0.463 e. The molecular weight excluding hydrogens is 399 g/mol. The summed E-state index contributed by atoms with van der Waals surface area (Å²) in [5.74, 6) is -0.275. The summed E-state index contributed by atoms with van der Waals surface area (Å²) in [5, 5.41) is 0. The van der Waals surface area contributed by atoms with Crippen LogP contribution in [0.1, 0.15) is 46.5 Å². The monoisotopic (exact) mass is 437 g/mol. The van der Waals surface area contributed by atoms with Crippen LogP contribution in [0.15, 0.2) is 0 Å². The molecule has 0 aromatic carbocycles. The zero-order valence-corrected chi connectivity index (χ0v) is 19.6. The molecule has 0 radical (unpaired) electrons. The van der Waals surface area contributed by atoms with E-state index in [4.69, 9.17) is 13.8 Å². The number of carbonyl (C=O) groups excluding carboxylic acids is 2. The molecule has 0 bridgehead atoms. The zero-order chi connectivity index (χ0) is 22.3. The van der Waals surface area contributed by atoms with Crippen molar-refractivity contribution in [3.8, 4) is 0 Å². The third kappa shape index (κ3) is 9.13. The van der Waals surface area contributed by atoms with Crippen LogP contribution in [0.25, 0.3) is 0 Å². The lowest BCUT2D eigenvalue weighted by Gasteiger charge is -2.33. The molecule has 10 heteroatoms. The first kappa shape index (κ1) is 26.0. The zero-order valence-electron chi connectivity index (χ0n) is 18.7. The molecule has 0 saturated carbocycles. The Balaban J connectivity index is 2.42. The minimum absolute atomic E-state index is 0.0500. The number of likely N-dealkylation sites (N-methyl/N-ethyl adjacent to an activating group) is 1. The maximum Gasteiger partial charge on any atom is 0.472 e. The predicted molar refractivity (Wildman–Crippen MR) is 109 cm³/mol. The van der Waals surface area contributed by atoms with Crippen molar-refractivity contribution in [1.29, 1.82) is 0 Å². The molecule has 1 fully saturated rings. The van der Waals surface area contributed by atoms with Crippen molar-refractivity contribution in [2.45, 2.75) is 52.5 Å². The fraction of sp³-hybridized carbons (Fsp3) is 0.895. The lowest BCUT2D eigenvalue weighted by atomic mass is 9.81. The number of carbonyl (C=O) groups is 2. The van der Waals surface area contributed by atoms with Crippen LogP contribution in [0.3, 0.4) is 0 Å². The van der Waals surface area contributed by atoms with Gasteiger partial charge < -0.3 is 19.0 Å². The lowest BCUT2D eigenvalue weighted by molar-refractivity contribution is -0.870. The summed E-state index contributed by atoms with van der Waals surface area (Å²) in [5.41, 5.74) is -0.744. The highest BCUT2D eigenvalue weighted by Crippen LogP contribution is 2.42. The van der Waals surface area contributed by atoms with E-state index in [-0.39, 0.29) is 31.8 Å². The molecule has 1 aliphatic heterocycles. The summed E-state index contributed by atoms with van der Waals surface area (Å²) in [6, 6.07) is -0.0500. The number of nitrogens with zero attached hydrogens (tertiary/aromatic N) is 2. The number of quaternary nitrogens is 1. The molecule has 1 aliphatic rings. The maximum absolute atomic E-state index is 12.6. The van der Waals surface area contributed by atoms with Gasteiger partial charge in [0.05, 0.1) is 33.2 Å². The van der Waals surface area contributed by atoms with Gasteiger partial charge in [0, 0.05) is 19.0 Å². The summed E-state index contributed by atoms with van der Waals surface area (Å²) in [7, 11) is 1.65. The highest BCUT2D eigenvalue weighted by Gasteiger charge is 2.38. The lowest BCUT2D eigenvalue weighted by Crippen LogP contribution is -2.41. The van der Waals surface area contributed by atoms with Crippen molar-refractivity contribution in [2.24, 2.45) is 5.41 Å². The molecular formula is C19H38N2O7P+. The summed E-state index contributed by atoms with van der Waals surface area (Å²) < 4.78 is 27.5. The van der Waals surface area contributed by atoms with E-state index in [1.807, 2.05) is 46.8 Å². The first-order chi connectivity index (χ1) is 13.3. The standard InChI is InChI=1S/C19H37N2O7P/c1-7-19(3,15-16(2)20-10-8-9-17(20)22)18(23)26-13-14-28-29(24,25)27-12-11-21(4,5)6/h16H,7-15H2,1-6H3/p+1. The van der Waals surface area contributed by atoms with Crippen LogP contribution in [0.5, 0.6) is 0 Å². The second-order valence-corrected chi connectivity index (χ2v) is 10.4. The molecule has 0 aromatic heterocycles. The molecule has 3 atom stereocenters. The van der Waals surface area contributed by atoms with Crippen molar-refractivity contribution in [3.05, 3.63) is 0 Å². The van der Waals surface area contributed by atoms with Gasteiger partial charge in [0.25, 0.3) is 0 Å². The largest absolute Gasteiger partial charge is 0.472 e. The number of esters is 1. The normalized spacial score (nSPS) is 20.2. The third-order valence-corrected chi connectivity index (χ3v) is 6.27. The van der Waals surface area contributed by atoms with E-state index in [0.29, 0.717) is 30.3 Å². The Hall–Kier alpha value is -0.990. The van der Waals surface area contributed by atoms with Gasteiger partial charge in [-0.25, -0.2) is 4.57 Å². The van der Waals surface area contributed by atoms with E-state index in [1.165, 1.54) is 0 Å². The number of hydrogen-bond acceptors (Lipinski definition) is 6. The van der Waals surface area contributed by atoms with Crippen LogP contribution in [0.2, 0.25) is 0 Å². The summed E-state index contributed by atoms with van der Waals surface area (Å²) in [6.45, 7) is 6.65. The highest BCUT2D eigenvalue weighted by molar-refractivity contribution is 7.47. The second-order valence-electron chi connectivity index (χ2n) is 8.94. The number of ether oxygens (including phenoxy) is 1. The van der Waals surface area contributed by atoms with Gasteiger partial charge in [0.2, 0.25) is 5.91 Å². The summed E-state index contributed by atoms with van der Waals surface area (Å²) in [4.78, 5) is 36.0. The molecule has 170 valence electrons. The fourth-order valence-electron chi connectivity index (χ4n) is 3.20. The van der Waals surface area contributed by atoms with Crippen LogP contribution in [0.4, 0.5) is 0 Å². The minimum atomic E-state index is -4.18. The SMILES string of the molecule is CCC(C)(CC(C)N1CCCC1=O)C(=O)OCCOP(=O)(O)OCC[N+](C)(C)C. The van der Waals surface area contributed by atoms with Gasteiger partial charge in [-0.2, -0.15) is 0 Å². The molecule has 1 saturated heterocycles. The Kier molecular flexibility index (Phi) is 9.76. The van der Waals surface area contributed by atoms with Crippen molar-refractivity contribution in [2.75, 3.05) is 54.1 Å². The molecule has 1 amide bonds. The molecule has 9 nitrogen and oxygen atoms in total. The second kappa shape index (κ2) is 10.9. The van der Waals surface area contributed by atoms with Gasteiger partial charge >= 0.3 is 13.8 Å². The molecule has 0 spiro atoms. The van der Waals surface area contributed by atoms with E-state index in [1.54, 1.807) is 0 Å². The van der Waals surface area contributed by atoms with Crippen LogP contribution < -0.4 is 0 Å². The van der Waals surface area contributed by atoms with Gasteiger partial charge in [0.1, 0.15) is 19.8 Å². The molecule has 1 heterocycles. The van der Waals surface area contributed by atoms with E-state index in [2.05, 4.69) is 0 Å². The smallest absolute Gasteiger partial charge is 0.463 e. The Morgan fingerprint density at radius 2 is 1.90 bits per heavy atom. The Bertz CT molecular complexity index is 608. The van der Waals surface area contributed by atoms with Crippen molar-refractivity contribution >= 4 is 19.7 Å². The average Bonchev–Trinajstić information content (AvgIpc) is 3.03. The van der Waals surface area contributed by atoms with Gasteiger partial charge in [-0.1, -0.05) is 6.92 Å². The fourth-order valence-corrected chi connectivity index (χ4v) is 3.89. The first-order valence-electron chi connectivity index (χ1n) is 10.2. The topological polar surface area (TPSA) is 102 Å². The van der Waals surface area contributed by atoms with Crippen LogP contribution >= 0.6 is 7.82 Å². The average molecular weight is 437 g/mol. The third-order valence-electron chi connectivity index (χ3n) is 5.25. The Morgan fingerprint density at radius 1 is 1.28 bits per heavy atom. The number of rotatable bonds is 13. The predicted octanol–water partition coefficient (Wildman–Crippen LogP) is 2.19. The molecule has 1 rings (SSSR count). The molecule has 1 N–H and O–H groups in total. The number of amides is 1. The Labute approximate surface area is 174 Å². The van der Waals surface area contributed by atoms with Crippen LogP contribution in [-0.4, -0.2) is 86.2 Å². The molecule has 0 aromatic rings. The number of phosphoric ester groups is 1. The first-order valence-corrected chi connectivity index (χ1v) is 11.7. The van der Waals surface area contributed by atoms with E-state index >= 15 is 0 Å². The van der Waals surface area contributed by atoms with Crippen molar-refractivity contribution < 1.29 is 37.3 Å². The Morgan fingerprint density at radius 3 is 2.41 bits per heavy atom. The number of hydrogen-bond donors (Lipinski definition) is 1. The van der Waals surface area contributed by atoms with E-state index in [9.17, 15) is 19.0 Å². The van der Waals surface area contributed by atoms with E-state index < -0.39 is 19.2 Å². The van der Waals surface area contributed by atoms with Crippen molar-refractivity contribution in [3.63, 3.8) is 0 Å². The summed E-state index contributed by atoms with van der Waals surface area (Å²) >= 11 is 0. The van der Waals surface area contributed by atoms with Crippen LogP contribution in [0, 0.1) is 5.41 Å². The summed E-state index contributed by atoms with van der Waals surface area (Å²) in [6.07, 6.45) is 2.48. The van der Waals surface area contributed by atoms with Crippen LogP contribution in [-0.2, 0) is 27.9 Å². The van der Waals surface area contributed by atoms with Gasteiger partial charge in [-0.3, -0.25) is 18.6 Å². The van der Waals surface area contributed by atoms with Gasteiger partial charge in [-0.15, -0.1) is 0 Å².